The van der Waals surface area contributed by atoms with Crippen molar-refractivity contribution in [2.45, 2.75) is 116 Å². The highest BCUT2D eigenvalue weighted by Crippen LogP contribution is 2.49. The first-order chi connectivity index (χ1) is 69.3. The van der Waals surface area contributed by atoms with E-state index in [2.05, 4.69) is 21.3 Å². The number of sulfonamides is 2. The zero-order valence-corrected chi connectivity index (χ0v) is 87.6. The summed E-state index contributed by atoms with van der Waals surface area (Å²) < 4.78 is 263. The number of carbonyl (C=O) groups excluding carboxylic acids is 5. The van der Waals surface area contributed by atoms with Crippen LogP contribution in [0.2, 0.25) is 0 Å². The summed E-state index contributed by atoms with van der Waals surface area (Å²) in [5.41, 5.74) is 5.08. The smallest absolute Gasteiger partial charge is 0.409 e. The fourth-order valence-electron chi connectivity index (χ4n) is 15.5. The molecule has 2 heterocycles. The van der Waals surface area contributed by atoms with Crippen LogP contribution in [0.3, 0.4) is 0 Å². The molecule has 0 fully saturated rings. The number of amides is 5. The first-order valence-corrected chi connectivity index (χ1v) is 56.5. The molecule has 5 aromatic rings. The van der Waals surface area contributed by atoms with Crippen LogP contribution in [0.1, 0.15) is 95.8 Å². The van der Waals surface area contributed by atoms with Crippen molar-refractivity contribution in [2.75, 3.05) is 252 Å². The summed E-state index contributed by atoms with van der Waals surface area (Å²) in [6.45, 7) is 15.0. The van der Waals surface area contributed by atoms with Crippen molar-refractivity contribution in [1.29, 1.82) is 0 Å². The summed E-state index contributed by atoms with van der Waals surface area (Å²) in [4.78, 5) is 68.4. The number of benzene rings is 5. The van der Waals surface area contributed by atoms with E-state index in [0.29, 0.717) is 205 Å². The molecule has 2 aliphatic heterocycles. The monoisotopic (exact) mass is 2170 g/mol. The number of ether oxygens (including phenoxy) is 14. The second-order valence-corrected chi connectivity index (χ2v) is 43.8. The quantitative estimate of drug-likeness (QED) is 0.0123. The molecule has 51 heteroatoms. The van der Waals surface area contributed by atoms with E-state index in [4.69, 9.17) is 76.6 Å². The topological polar surface area (TPSA) is 613 Å². The Morgan fingerprint density at radius 3 is 1.35 bits per heavy atom. The molecule has 1 aliphatic carbocycles. The number of methoxy groups -OCH3 is 1. The third-order valence-corrected chi connectivity index (χ3v) is 28.1. The van der Waals surface area contributed by atoms with Gasteiger partial charge in [-0.05, 0) is 184 Å². The number of hydrogen-bond donors (Lipinski definition) is 10. The molecule has 0 bridgehead atoms. The fourth-order valence-corrected chi connectivity index (χ4v) is 18.7. The maximum Gasteiger partial charge on any atom is 0.409 e. The van der Waals surface area contributed by atoms with Gasteiger partial charge >= 0.3 is 6.09 Å². The molecule has 0 atom stereocenters. The van der Waals surface area contributed by atoms with Gasteiger partial charge in [0, 0.05) is 91.4 Å². The van der Waals surface area contributed by atoms with E-state index in [1.54, 1.807) is 12.1 Å². The first kappa shape index (κ1) is 122. The van der Waals surface area contributed by atoms with E-state index in [9.17, 15) is 92.7 Å². The Morgan fingerprint density at radius 1 is 0.452 bits per heavy atom. The van der Waals surface area contributed by atoms with Crippen LogP contribution in [0.4, 0.5) is 27.5 Å². The number of nitrogens with two attached hydrogens (primary N) is 2. The molecule has 8 rings (SSSR count). The number of rotatable bonds is 72. The van der Waals surface area contributed by atoms with Gasteiger partial charge in [0.25, 0.3) is 40.5 Å². The molecule has 45 nitrogen and oxygen atoms in total. The molecule has 812 valence electrons. The Morgan fingerprint density at radius 2 is 0.884 bits per heavy atom. The number of fused-ring (bicyclic) bond motifs is 2. The van der Waals surface area contributed by atoms with Gasteiger partial charge in [-0.15, -0.1) is 0 Å². The number of carbonyl (C=O) groups is 5. The summed E-state index contributed by atoms with van der Waals surface area (Å²) in [7, 11) is -24.6. The fraction of sp³-hybridized carbons (Fsp3) is 0.537. The Hall–Kier alpha value is -9.58. The van der Waals surface area contributed by atoms with Crippen LogP contribution in [0, 0.1) is 0 Å². The van der Waals surface area contributed by atoms with Crippen LogP contribution in [0.25, 0.3) is 0 Å². The molecule has 0 aromatic heterocycles. The van der Waals surface area contributed by atoms with Crippen molar-refractivity contribution in [2.24, 2.45) is 10.3 Å². The maximum absolute atomic E-state index is 13.2. The van der Waals surface area contributed by atoms with E-state index >= 15 is 0 Å². The third-order valence-electron chi connectivity index (χ3n) is 22.9. The number of nitrogens with zero attached hydrogens (tertiary/aromatic N) is 4. The Balaban J connectivity index is 0.620. The highest BCUT2D eigenvalue weighted by atomic mass is 32.2. The SMILES string of the molecule is COC(=O)N(CCN(CC(=O)NCCOCCOCCOCCOCCOCCOCCOCCOCCOCCOCCOCCOCCC(=O)NCCc1ccc(OC2=C(/C=C/C3=[N+](CCCCS(=O)(=O)O)c4ccc(S(=O)(=O)O)cc4C3(C)C)CCC/C2=C\C=C2\N(CCCCS(=O)(=O)O)c3ccc(S(=O)(=O)O)cc3C2(C)C)cc1)CC(=O)Nc1ccc(S(N)(=O)=O)cc1)CC(=O)Nc1ccc(S(N)(=O)=O)cc1. The summed E-state index contributed by atoms with van der Waals surface area (Å²) >= 11 is 0. The molecular formula is C95H137N10O35S6+. The molecule has 12 N–H and O–H groups in total. The van der Waals surface area contributed by atoms with Gasteiger partial charge in [-0.25, -0.2) is 31.9 Å². The highest BCUT2D eigenvalue weighted by Gasteiger charge is 2.46. The number of primary sulfonamides is 2. The molecule has 0 radical (unpaired) electrons. The van der Waals surface area contributed by atoms with Crippen LogP contribution in [0.15, 0.2) is 176 Å². The van der Waals surface area contributed by atoms with Gasteiger partial charge in [-0.3, -0.25) is 47.2 Å². The van der Waals surface area contributed by atoms with Crippen molar-refractivity contribution in [3.8, 4) is 5.75 Å². The van der Waals surface area contributed by atoms with Gasteiger partial charge in [0.15, 0.2) is 5.71 Å². The second-order valence-electron chi connectivity index (χ2n) is 34.6. The van der Waals surface area contributed by atoms with Crippen molar-refractivity contribution in [3.05, 3.63) is 173 Å². The standard InChI is InChI=1S/C95H136N10O35S6/c1-94(2)82-67-80(145(121,122)123)27-29-84(82)104(37-6-8-65-141(111,112)113)86(94)31-15-73-11-10-12-74(16-32-87-95(3,4)83-68-81(146(124,125)126)28-30-85(83)105(87)38-7-9-66-142(114,115)116)92(73)140-77-21-13-72(14-22-77)33-35-98-88(106)34-41-128-43-45-130-47-49-132-51-53-134-55-57-136-59-61-138-63-64-139-62-60-137-58-56-135-54-52-133-50-48-131-46-44-129-42-36-99-89(107)69-102(70-90(108)100-75-17-23-78(24-18-75)143(96,117)118)39-40-103(93(110)127-5)71-91(109)101-76-19-25-79(26-20-76)144(97,119)120/h13-32,67-68H,6-12,33-66,69-71H2,1-5H3,(H11-,96,97,98,99,100,101,106,107,108,109,111,112,113,114,115,116,117,118,119,120,121,122,123,124,125,126)/p+1. The number of anilines is 3. The minimum absolute atomic E-state index is 0.0994. The van der Waals surface area contributed by atoms with Crippen LogP contribution >= 0.6 is 0 Å². The number of allylic oxidation sites excluding steroid dienone is 7. The van der Waals surface area contributed by atoms with E-state index in [1.807, 2.05) is 85.7 Å². The lowest BCUT2D eigenvalue weighted by molar-refractivity contribution is -0.438. The summed E-state index contributed by atoms with van der Waals surface area (Å²) in [5, 5.41) is 21.1. The normalized spacial score (nSPS) is 15.0. The van der Waals surface area contributed by atoms with Crippen LogP contribution in [-0.2, 0) is 159 Å². The van der Waals surface area contributed by atoms with Crippen molar-refractivity contribution >= 4 is 119 Å². The van der Waals surface area contributed by atoms with Gasteiger partial charge < -0.3 is 92.5 Å². The lowest BCUT2D eigenvalue weighted by atomic mass is 9.81. The molecule has 5 aromatic carbocycles. The largest absolute Gasteiger partial charge is 0.457 e. The van der Waals surface area contributed by atoms with E-state index < -0.39 is 113 Å². The molecule has 0 saturated heterocycles. The number of nitrogens with one attached hydrogen (secondary N) is 4. The zero-order chi connectivity index (χ0) is 106. The molecule has 0 spiro atoms. The van der Waals surface area contributed by atoms with E-state index in [1.165, 1.54) is 77.7 Å². The zero-order valence-electron chi connectivity index (χ0n) is 82.7. The van der Waals surface area contributed by atoms with Crippen molar-refractivity contribution in [1.82, 2.24) is 20.4 Å². The average Bonchev–Trinajstić information content (AvgIpc) is 1.59. The van der Waals surface area contributed by atoms with Gasteiger partial charge in [-0.2, -0.15) is 38.2 Å². The van der Waals surface area contributed by atoms with Crippen LogP contribution in [-0.4, -0.2) is 355 Å². The minimum Gasteiger partial charge on any atom is -0.457 e. The average molecular weight is 2170 g/mol. The lowest BCUT2D eigenvalue weighted by Crippen LogP contribution is -2.47. The number of hydrogen-bond acceptors (Lipinski definition) is 33. The lowest BCUT2D eigenvalue weighted by Gasteiger charge is -2.27. The summed E-state index contributed by atoms with van der Waals surface area (Å²) in [6, 6.07) is 26.1. The molecule has 5 amide bonds. The van der Waals surface area contributed by atoms with Gasteiger partial charge in [0.05, 0.1) is 215 Å². The van der Waals surface area contributed by atoms with E-state index in [0.717, 1.165) is 40.1 Å². The first-order valence-electron chi connectivity index (χ1n) is 47.3. The maximum atomic E-state index is 13.2. The molecule has 0 saturated carbocycles. The van der Waals surface area contributed by atoms with Gasteiger partial charge in [-0.1, -0.05) is 32.1 Å². The molecule has 3 aliphatic rings. The molecular weight excluding hydrogens is 2030 g/mol. The molecule has 0 unspecified atom stereocenters. The minimum atomic E-state index is -4.60. The van der Waals surface area contributed by atoms with Crippen LogP contribution in [0.5, 0.6) is 5.75 Å². The number of unbranched alkanes of at least 4 members (excludes halogenated alkanes) is 2. The van der Waals surface area contributed by atoms with Gasteiger partial charge in [0.2, 0.25) is 49.4 Å². The third kappa shape index (κ3) is 43.9. The van der Waals surface area contributed by atoms with E-state index in [-0.39, 0.29) is 135 Å². The summed E-state index contributed by atoms with van der Waals surface area (Å²) in [6.07, 6.45) is 10.1. The van der Waals surface area contributed by atoms with Crippen LogP contribution < -0.4 is 41.2 Å². The summed E-state index contributed by atoms with van der Waals surface area (Å²) in [5.74, 6) is -1.90. The van der Waals surface area contributed by atoms with Crippen molar-refractivity contribution in [3.63, 3.8) is 0 Å². The second kappa shape index (κ2) is 60.9. The van der Waals surface area contributed by atoms with Crippen molar-refractivity contribution < 1.29 is 164 Å². The Labute approximate surface area is 853 Å². The predicted molar refractivity (Wildman–Crippen MR) is 538 cm³/mol. The molecule has 146 heavy (non-hydrogen) atoms. The highest BCUT2D eigenvalue weighted by molar-refractivity contribution is 7.89. The Bertz CT molecular complexity index is 5970. The van der Waals surface area contributed by atoms with Gasteiger partial charge in [0.1, 0.15) is 24.6 Å². The Kier molecular flexibility index (Phi) is 50.7. The predicted octanol–water partition coefficient (Wildman–Crippen LogP) is 5.88.